The predicted molar refractivity (Wildman–Crippen MR) is 175 cm³/mol. The van der Waals surface area contributed by atoms with Gasteiger partial charge in [-0.3, -0.25) is 19.8 Å². The third-order valence-corrected chi connectivity index (χ3v) is 7.58. The van der Waals surface area contributed by atoms with Gasteiger partial charge in [0.15, 0.2) is 5.11 Å². The molecular weight excluding hydrogens is 578 g/mol. The van der Waals surface area contributed by atoms with Crippen LogP contribution in [-0.4, -0.2) is 28.1 Å². The van der Waals surface area contributed by atoms with Crippen molar-refractivity contribution in [3.05, 3.63) is 131 Å². The molecule has 0 saturated carbocycles. The molecule has 43 heavy (non-hydrogen) atoms. The minimum absolute atomic E-state index is 0.00897. The van der Waals surface area contributed by atoms with Gasteiger partial charge >= 0.3 is 0 Å². The highest BCUT2D eigenvalue weighted by molar-refractivity contribution is 7.80. The molecule has 4 aromatic carbocycles. The largest absolute Gasteiger partial charge is 0.494 e. The summed E-state index contributed by atoms with van der Waals surface area (Å²) in [5.74, 6) is -0.314. The Hall–Kier alpha value is -4.98. The van der Waals surface area contributed by atoms with Gasteiger partial charge in [-0.15, -0.1) is 0 Å². The molecule has 5 aromatic rings. The summed E-state index contributed by atoms with van der Waals surface area (Å²) in [5, 5.41) is 3.21. The molecule has 0 bridgehead atoms. The number of benzene rings is 4. The van der Waals surface area contributed by atoms with Gasteiger partial charge in [-0.1, -0.05) is 72.3 Å². The van der Waals surface area contributed by atoms with Gasteiger partial charge in [0.05, 0.1) is 23.7 Å². The molecule has 6 rings (SSSR count). The fourth-order valence-electron chi connectivity index (χ4n) is 5.12. The number of aromatic nitrogens is 1. The lowest BCUT2D eigenvalue weighted by Crippen LogP contribution is -2.54. The summed E-state index contributed by atoms with van der Waals surface area (Å²) in [6.45, 7) is 2.52. The smallest absolute Gasteiger partial charge is 0.270 e. The van der Waals surface area contributed by atoms with Crippen molar-refractivity contribution >= 4 is 52.5 Å². The van der Waals surface area contributed by atoms with Gasteiger partial charge < -0.3 is 9.30 Å². The van der Waals surface area contributed by atoms with Crippen LogP contribution < -0.4 is 15.0 Å². The zero-order valence-electron chi connectivity index (χ0n) is 23.2. The second kappa shape index (κ2) is 12.1. The summed E-state index contributed by atoms with van der Waals surface area (Å²) in [4.78, 5) is 28.5. The Morgan fingerprint density at radius 1 is 0.814 bits per heavy atom. The van der Waals surface area contributed by atoms with Crippen LogP contribution in [0.2, 0.25) is 5.02 Å². The van der Waals surface area contributed by atoms with E-state index in [4.69, 9.17) is 28.6 Å². The summed E-state index contributed by atoms with van der Waals surface area (Å²) in [6, 6.07) is 36.5. The number of hydrogen-bond donors (Lipinski definition) is 1. The minimum Gasteiger partial charge on any atom is -0.494 e. The first-order valence-corrected chi connectivity index (χ1v) is 14.5. The van der Waals surface area contributed by atoms with Gasteiger partial charge in [0.25, 0.3) is 11.8 Å². The van der Waals surface area contributed by atoms with Crippen molar-refractivity contribution in [2.75, 3.05) is 11.5 Å². The maximum Gasteiger partial charge on any atom is 0.270 e. The van der Waals surface area contributed by atoms with Crippen LogP contribution in [0.1, 0.15) is 12.5 Å². The first-order chi connectivity index (χ1) is 20.9. The van der Waals surface area contributed by atoms with E-state index in [1.165, 1.54) is 4.90 Å². The molecule has 212 valence electrons. The number of thiocarbonyl (C=S) groups is 1. The molecule has 1 aromatic heterocycles. The molecule has 8 heteroatoms. The van der Waals surface area contributed by atoms with E-state index < -0.39 is 11.8 Å². The Bertz CT molecular complexity index is 1850. The second-order valence-electron chi connectivity index (χ2n) is 9.76. The van der Waals surface area contributed by atoms with Crippen molar-refractivity contribution in [3.8, 4) is 34.0 Å². The van der Waals surface area contributed by atoms with E-state index in [1.807, 2.05) is 97.9 Å². The molecule has 0 atom stereocenters. The first-order valence-electron chi connectivity index (χ1n) is 13.7. The van der Waals surface area contributed by atoms with E-state index in [0.717, 1.165) is 34.0 Å². The third kappa shape index (κ3) is 5.60. The summed E-state index contributed by atoms with van der Waals surface area (Å²) in [7, 11) is 0. The van der Waals surface area contributed by atoms with Crippen LogP contribution in [-0.2, 0) is 9.59 Å². The lowest BCUT2D eigenvalue weighted by atomic mass is 10.0. The van der Waals surface area contributed by atoms with E-state index in [2.05, 4.69) is 9.88 Å². The Balaban J connectivity index is 1.57. The lowest BCUT2D eigenvalue weighted by Gasteiger charge is -2.29. The van der Waals surface area contributed by atoms with E-state index in [9.17, 15) is 9.59 Å². The number of anilines is 1. The second-order valence-corrected chi connectivity index (χ2v) is 10.6. The molecule has 1 fully saturated rings. The van der Waals surface area contributed by atoms with Crippen molar-refractivity contribution in [1.82, 2.24) is 9.88 Å². The van der Waals surface area contributed by atoms with Gasteiger partial charge in [0, 0.05) is 16.3 Å². The topological polar surface area (TPSA) is 63.6 Å². The predicted octanol–water partition coefficient (Wildman–Crippen LogP) is 7.69. The molecule has 0 spiro atoms. The monoisotopic (exact) mass is 603 g/mol. The maximum atomic E-state index is 13.9. The average molecular weight is 604 g/mol. The number of carbonyl (C=O) groups excluding carboxylic acids is 2. The number of nitrogens with one attached hydrogen (secondary N) is 1. The van der Waals surface area contributed by atoms with Gasteiger partial charge in [0.2, 0.25) is 0 Å². The SMILES string of the molecule is CCOc1ccc(-n2c(-c3ccccc3)cc(/C=C3\C(=O)NC(=S)N(c4ccc(Cl)cc4)C3=O)c2-c2ccccc2)cc1. The molecule has 0 radical (unpaired) electrons. The third-order valence-electron chi connectivity index (χ3n) is 7.04. The van der Waals surface area contributed by atoms with Gasteiger partial charge in [-0.25, -0.2) is 0 Å². The molecule has 1 N–H and O–H groups in total. The molecule has 1 saturated heterocycles. The van der Waals surface area contributed by atoms with Crippen LogP contribution in [0.5, 0.6) is 5.75 Å². The van der Waals surface area contributed by atoms with E-state index in [1.54, 1.807) is 30.3 Å². The molecule has 1 aliphatic heterocycles. The van der Waals surface area contributed by atoms with E-state index in [-0.39, 0.29) is 10.7 Å². The van der Waals surface area contributed by atoms with Crippen LogP contribution in [0.4, 0.5) is 5.69 Å². The van der Waals surface area contributed by atoms with Crippen molar-refractivity contribution < 1.29 is 14.3 Å². The summed E-state index contributed by atoms with van der Waals surface area (Å²) < 4.78 is 7.83. The number of carbonyl (C=O) groups is 2. The highest BCUT2D eigenvalue weighted by atomic mass is 35.5. The molecule has 0 unspecified atom stereocenters. The van der Waals surface area contributed by atoms with Crippen LogP contribution in [0.25, 0.3) is 34.3 Å². The molecule has 2 amide bonds. The van der Waals surface area contributed by atoms with Crippen molar-refractivity contribution in [1.29, 1.82) is 0 Å². The number of nitrogens with zero attached hydrogens (tertiary/aromatic N) is 2. The number of rotatable bonds is 7. The Kier molecular flexibility index (Phi) is 7.92. The standard InChI is InChI=1S/C35H26ClN3O3S/c1-2-42-29-19-17-27(18-20-29)38-31(23-9-5-3-6-10-23)22-25(32(38)24-11-7-4-8-12-24)21-30-33(40)37-35(43)39(34(30)41)28-15-13-26(36)14-16-28/h3-22H,2H2,1H3,(H,37,40,43)/b30-21+. The zero-order chi connectivity index (χ0) is 29.9. The summed E-state index contributed by atoms with van der Waals surface area (Å²) in [6.07, 6.45) is 1.64. The fraction of sp³-hybridized carbons (Fsp3) is 0.0571. The van der Waals surface area contributed by atoms with Gasteiger partial charge in [-0.2, -0.15) is 0 Å². The highest BCUT2D eigenvalue weighted by Crippen LogP contribution is 2.38. The average Bonchev–Trinajstić information content (AvgIpc) is 3.41. The van der Waals surface area contributed by atoms with Crippen LogP contribution in [0.3, 0.4) is 0 Å². The Morgan fingerprint density at radius 3 is 2.05 bits per heavy atom. The fourth-order valence-corrected chi connectivity index (χ4v) is 5.52. The van der Waals surface area contributed by atoms with Gasteiger partial charge in [-0.05, 0) is 90.9 Å². The van der Waals surface area contributed by atoms with Crippen molar-refractivity contribution in [3.63, 3.8) is 0 Å². The number of halogens is 1. The normalized spacial score (nSPS) is 14.2. The van der Waals surface area contributed by atoms with Crippen molar-refractivity contribution in [2.45, 2.75) is 6.92 Å². The number of ether oxygens (including phenoxy) is 1. The summed E-state index contributed by atoms with van der Waals surface area (Å²) in [5.41, 5.74) is 5.66. The number of amides is 2. The van der Waals surface area contributed by atoms with Crippen LogP contribution >= 0.6 is 23.8 Å². The molecule has 6 nitrogen and oxygen atoms in total. The minimum atomic E-state index is -0.561. The van der Waals surface area contributed by atoms with Crippen LogP contribution in [0.15, 0.2) is 121 Å². The highest BCUT2D eigenvalue weighted by Gasteiger charge is 2.35. The molecular formula is C35H26ClN3O3S. The Labute approximate surface area is 259 Å². The number of hydrogen-bond acceptors (Lipinski definition) is 4. The molecule has 0 aliphatic carbocycles. The summed E-state index contributed by atoms with van der Waals surface area (Å²) >= 11 is 11.5. The quantitative estimate of drug-likeness (QED) is 0.118. The Morgan fingerprint density at radius 2 is 1.42 bits per heavy atom. The van der Waals surface area contributed by atoms with Crippen molar-refractivity contribution in [2.24, 2.45) is 0 Å². The van der Waals surface area contributed by atoms with Gasteiger partial charge in [0.1, 0.15) is 11.3 Å². The first kappa shape index (κ1) is 28.2. The molecule has 2 heterocycles. The lowest BCUT2D eigenvalue weighted by molar-refractivity contribution is -0.122. The molecule has 1 aliphatic rings. The maximum absolute atomic E-state index is 13.9. The van der Waals surface area contributed by atoms with E-state index in [0.29, 0.717) is 22.9 Å². The van der Waals surface area contributed by atoms with E-state index >= 15 is 0 Å². The zero-order valence-corrected chi connectivity index (χ0v) is 24.7. The van der Waals surface area contributed by atoms with Crippen LogP contribution in [0, 0.1) is 0 Å².